The fourth-order valence-electron chi connectivity index (χ4n) is 5.01. The molecule has 164 valence electrons. The molecule has 0 spiro atoms. The van der Waals surface area contributed by atoms with Gasteiger partial charge in [-0.2, -0.15) is 0 Å². The molecule has 2 unspecified atom stereocenters. The second-order valence-electron chi connectivity index (χ2n) is 8.92. The Kier molecular flexibility index (Phi) is 6.37. The van der Waals surface area contributed by atoms with Crippen LogP contribution < -0.4 is 0 Å². The molecule has 1 aromatic heterocycles. The van der Waals surface area contributed by atoms with Gasteiger partial charge < -0.3 is 14.5 Å². The van der Waals surface area contributed by atoms with Crippen LogP contribution in [0.5, 0.6) is 0 Å². The van der Waals surface area contributed by atoms with Crippen LogP contribution in [0.2, 0.25) is 0 Å². The summed E-state index contributed by atoms with van der Waals surface area (Å²) in [5.41, 5.74) is 2.59. The molecule has 0 bridgehead atoms. The zero-order valence-corrected chi connectivity index (χ0v) is 18.4. The van der Waals surface area contributed by atoms with Gasteiger partial charge in [-0.1, -0.05) is 30.3 Å². The molecule has 6 nitrogen and oxygen atoms in total. The minimum Gasteiger partial charge on any atom is -0.368 e. The monoisotopic (exact) mass is 421 g/mol. The minimum atomic E-state index is -0.645. The third kappa shape index (κ3) is 4.49. The number of benzene rings is 1. The van der Waals surface area contributed by atoms with Gasteiger partial charge in [-0.05, 0) is 49.3 Å². The Balaban J connectivity index is 1.66. The maximum atomic E-state index is 13.5. The van der Waals surface area contributed by atoms with Gasteiger partial charge in [0.05, 0.1) is 5.41 Å². The highest BCUT2D eigenvalue weighted by Crippen LogP contribution is 2.38. The number of carbonyl (C=O) groups excluding carboxylic acids is 2. The highest BCUT2D eigenvalue weighted by atomic mass is 16.5. The third-order valence-electron chi connectivity index (χ3n) is 6.47. The van der Waals surface area contributed by atoms with Crippen LogP contribution in [0.1, 0.15) is 31.2 Å². The Morgan fingerprint density at radius 3 is 2.74 bits per heavy atom. The molecule has 31 heavy (non-hydrogen) atoms. The minimum absolute atomic E-state index is 0.0358. The summed E-state index contributed by atoms with van der Waals surface area (Å²) in [5, 5.41) is 0. The number of nitrogens with zero attached hydrogens (tertiary/aromatic N) is 3. The second kappa shape index (κ2) is 9.18. The Labute approximate surface area is 184 Å². The normalized spacial score (nSPS) is 23.5. The maximum absolute atomic E-state index is 13.5. The number of likely N-dealkylation sites (tertiary alicyclic amines) is 1. The van der Waals surface area contributed by atoms with Crippen LogP contribution in [0, 0.1) is 5.41 Å². The first-order chi connectivity index (χ1) is 15.0. The number of aromatic nitrogens is 1. The molecule has 0 saturated carbocycles. The standard InChI is InChI=1S/C25H31N3O3/c1-27(2)24(30)25(12-7-14-28(18-25)23(29)22-11-6-15-31-22)16-19-8-3-4-10-21(19)20-9-5-13-26-17-20/h3-5,8-10,13,17,22H,6-7,11-12,14-16,18H2,1-2H3. The molecular weight excluding hydrogens is 390 g/mol. The fraction of sp³-hybridized carbons (Fsp3) is 0.480. The molecule has 6 heteroatoms. The lowest BCUT2D eigenvalue weighted by molar-refractivity contribution is -0.151. The first kappa shape index (κ1) is 21.5. The number of hydrogen-bond acceptors (Lipinski definition) is 4. The number of pyridine rings is 1. The molecule has 2 amide bonds. The SMILES string of the molecule is CN(C)C(=O)C1(Cc2ccccc2-c2cccnc2)CCCN(C(=O)C2CCCO2)C1. The Hall–Kier alpha value is -2.73. The Morgan fingerprint density at radius 1 is 1.19 bits per heavy atom. The summed E-state index contributed by atoms with van der Waals surface area (Å²) >= 11 is 0. The van der Waals surface area contributed by atoms with E-state index >= 15 is 0 Å². The van der Waals surface area contributed by atoms with Crippen LogP contribution in [0.25, 0.3) is 11.1 Å². The lowest BCUT2D eigenvalue weighted by Gasteiger charge is -2.44. The van der Waals surface area contributed by atoms with Crippen molar-refractivity contribution >= 4 is 11.8 Å². The predicted octanol–water partition coefficient (Wildman–Crippen LogP) is 3.17. The van der Waals surface area contributed by atoms with Crippen LogP contribution >= 0.6 is 0 Å². The topological polar surface area (TPSA) is 62.7 Å². The Morgan fingerprint density at radius 2 is 2.03 bits per heavy atom. The van der Waals surface area contributed by atoms with Gasteiger partial charge >= 0.3 is 0 Å². The molecule has 0 radical (unpaired) electrons. The average molecular weight is 422 g/mol. The van der Waals surface area contributed by atoms with Gasteiger partial charge in [-0.3, -0.25) is 14.6 Å². The van der Waals surface area contributed by atoms with Crippen molar-refractivity contribution in [2.45, 2.75) is 38.2 Å². The number of rotatable bonds is 5. The summed E-state index contributed by atoms with van der Waals surface area (Å²) in [6, 6.07) is 12.2. The van der Waals surface area contributed by atoms with E-state index in [-0.39, 0.29) is 17.9 Å². The highest BCUT2D eigenvalue weighted by molar-refractivity contribution is 5.86. The van der Waals surface area contributed by atoms with Crippen LogP contribution in [0.3, 0.4) is 0 Å². The third-order valence-corrected chi connectivity index (χ3v) is 6.47. The predicted molar refractivity (Wildman–Crippen MR) is 119 cm³/mol. The van der Waals surface area contributed by atoms with E-state index in [2.05, 4.69) is 17.1 Å². The first-order valence-electron chi connectivity index (χ1n) is 11.1. The lowest BCUT2D eigenvalue weighted by atomic mass is 9.72. The highest BCUT2D eigenvalue weighted by Gasteiger charge is 2.45. The molecule has 2 aliphatic rings. The summed E-state index contributed by atoms with van der Waals surface area (Å²) < 4.78 is 5.65. The van der Waals surface area contributed by atoms with Crippen molar-refractivity contribution < 1.29 is 14.3 Å². The van der Waals surface area contributed by atoms with E-state index in [1.54, 1.807) is 25.2 Å². The quantitative estimate of drug-likeness (QED) is 0.744. The maximum Gasteiger partial charge on any atom is 0.251 e. The van der Waals surface area contributed by atoms with E-state index in [4.69, 9.17) is 4.74 Å². The van der Waals surface area contributed by atoms with Crippen molar-refractivity contribution in [1.82, 2.24) is 14.8 Å². The second-order valence-corrected chi connectivity index (χ2v) is 8.92. The van der Waals surface area contributed by atoms with Crippen LogP contribution in [0.4, 0.5) is 0 Å². The molecule has 4 rings (SSSR count). The van der Waals surface area contributed by atoms with E-state index in [0.717, 1.165) is 42.4 Å². The largest absolute Gasteiger partial charge is 0.368 e. The van der Waals surface area contributed by atoms with E-state index in [0.29, 0.717) is 26.1 Å². The molecular formula is C25H31N3O3. The van der Waals surface area contributed by atoms with Gasteiger partial charge in [-0.25, -0.2) is 0 Å². The molecule has 0 aliphatic carbocycles. The molecule has 2 atom stereocenters. The zero-order valence-electron chi connectivity index (χ0n) is 18.4. The van der Waals surface area contributed by atoms with Gasteiger partial charge in [0.25, 0.3) is 5.91 Å². The van der Waals surface area contributed by atoms with Gasteiger partial charge in [0.2, 0.25) is 5.91 Å². The number of hydrogen-bond donors (Lipinski definition) is 0. The molecule has 3 heterocycles. The fourth-order valence-corrected chi connectivity index (χ4v) is 5.01. The number of carbonyl (C=O) groups is 2. The summed E-state index contributed by atoms with van der Waals surface area (Å²) in [4.78, 5) is 34.4. The number of amides is 2. The van der Waals surface area contributed by atoms with Gasteiger partial charge in [0.1, 0.15) is 6.10 Å². The molecule has 2 fully saturated rings. The number of piperidine rings is 1. The first-order valence-corrected chi connectivity index (χ1v) is 11.1. The van der Waals surface area contributed by atoms with Crippen molar-refractivity contribution in [3.8, 4) is 11.1 Å². The average Bonchev–Trinajstić information content (AvgIpc) is 3.34. The van der Waals surface area contributed by atoms with Crippen LogP contribution in [-0.4, -0.2) is 66.5 Å². The molecule has 2 saturated heterocycles. The van der Waals surface area contributed by atoms with E-state index in [9.17, 15) is 9.59 Å². The summed E-state index contributed by atoms with van der Waals surface area (Å²) in [5.74, 6) is 0.118. The van der Waals surface area contributed by atoms with E-state index in [1.165, 1.54) is 0 Å². The van der Waals surface area contributed by atoms with Crippen molar-refractivity contribution in [1.29, 1.82) is 0 Å². The summed E-state index contributed by atoms with van der Waals surface area (Å²) in [6.07, 6.45) is 7.12. The smallest absolute Gasteiger partial charge is 0.251 e. The molecule has 2 aromatic rings. The van der Waals surface area contributed by atoms with Gasteiger partial charge in [-0.15, -0.1) is 0 Å². The van der Waals surface area contributed by atoms with Crippen LogP contribution in [-0.2, 0) is 20.7 Å². The van der Waals surface area contributed by atoms with Crippen LogP contribution in [0.15, 0.2) is 48.8 Å². The lowest BCUT2D eigenvalue weighted by Crippen LogP contribution is -2.55. The van der Waals surface area contributed by atoms with E-state index < -0.39 is 5.41 Å². The zero-order chi connectivity index (χ0) is 21.8. The number of ether oxygens (including phenoxy) is 1. The summed E-state index contributed by atoms with van der Waals surface area (Å²) in [6.45, 7) is 1.76. The summed E-state index contributed by atoms with van der Waals surface area (Å²) in [7, 11) is 3.61. The Bertz CT molecular complexity index is 925. The molecule has 1 aromatic carbocycles. The van der Waals surface area contributed by atoms with Gasteiger partial charge in [0.15, 0.2) is 0 Å². The van der Waals surface area contributed by atoms with Gasteiger partial charge in [0, 0.05) is 51.7 Å². The molecule has 2 aliphatic heterocycles. The molecule has 0 N–H and O–H groups in total. The van der Waals surface area contributed by atoms with E-state index in [1.807, 2.05) is 35.4 Å². The van der Waals surface area contributed by atoms with Crippen molar-refractivity contribution in [2.75, 3.05) is 33.8 Å². The van der Waals surface area contributed by atoms with Crippen molar-refractivity contribution in [3.63, 3.8) is 0 Å². The van der Waals surface area contributed by atoms with Crippen molar-refractivity contribution in [3.05, 3.63) is 54.4 Å². The van der Waals surface area contributed by atoms with Crippen molar-refractivity contribution in [2.24, 2.45) is 5.41 Å².